The first kappa shape index (κ1) is 18.0. The van der Waals surface area contributed by atoms with E-state index in [1.165, 1.54) is 0 Å². The molecule has 0 unspecified atom stereocenters. The summed E-state index contributed by atoms with van der Waals surface area (Å²) in [5, 5.41) is 0. The van der Waals surface area contributed by atoms with Gasteiger partial charge in [-0.15, -0.1) is 0 Å². The van der Waals surface area contributed by atoms with E-state index in [0.29, 0.717) is 18.4 Å². The molecule has 0 heterocycles. The molecule has 1 amide bonds. The summed E-state index contributed by atoms with van der Waals surface area (Å²) in [6.45, 7) is 8.49. The maximum Gasteiger partial charge on any atom is 0.400 e. The largest absolute Gasteiger partial charge is 0.400 e. The smallest absolute Gasteiger partial charge is 0.273 e. The summed E-state index contributed by atoms with van der Waals surface area (Å²) in [4.78, 5) is 16.0. The van der Waals surface area contributed by atoms with Crippen molar-refractivity contribution in [3.05, 3.63) is 12.2 Å². The molecule has 0 aliphatic rings. The van der Waals surface area contributed by atoms with Gasteiger partial charge >= 0.3 is 10.4 Å². The predicted molar refractivity (Wildman–Crippen MR) is 69.2 cm³/mol. The molecule has 0 aliphatic heterocycles. The molecule has 0 saturated heterocycles. The van der Waals surface area contributed by atoms with E-state index in [9.17, 15) is 13.2 Å². The average molecular weight is 295 g/mol. The van der Waals surface area contributed by atoms with Crippen molar-refractivity contribution in [1.29, 1.82) is 0 Å². The lowest BCUT2D eigenvalue weighted by molar-refractivity contribution is -0.129. The van der Waals surface area contributed by atoms with Gasteiger partial charge in [0.1, 0.15) is 0 Å². The van der Waals surface area contributed by atoms with E-state index in [-0.39, 0.29) is 6.61 Å². The van der Waals surface area contributed by atoms with Gasteiger partial charge in [-0.05, 0) is 33.6 Å². The fourth-order valence-electron chi connectivity index (χ4n) is 1.13. The number of nitrogens with one attached hydrogen (secondary N) is 1. The zero-order valence-corrected chi connectivity index (χ0v) is 12.5. The summed E-state index contributed by atoms with van der Waals surface area (Å²) in [5.41, 5.74) is 1.64. The minimum Gasteiger partial charge on any atom is -0.273 e. The van der Waals surface area contributed by atoms with E-state index in [1.54, 1.807) is 20.8 Å². The molecule has 0 aromatic rings. The fraction of sp³-hybridized carbons (Fsp3) is 0.727. The Morgan fingerprint density at radius 1 is 1.37 bits per heavy atom. The summed E-state index contributed by atoms with van der Waals surface area (Å²) in [6.07, 6.45) is 0.918. The maximum absolute atomic E-state index is 11.1. The molecular weight excluding hydrogens is 274 g/mol. The molecule has 0 rings (SSSR count). The molecule has 7 nitrogen and oxygen atoms in total. The van der Waals surface area contributed by atoms with Gasteiger partial charge in [0.25, 0.3) is 5.91 Å². The quantitative estimate of drug-likeness (QED) is 0.389. The zero-order chi connectivity index (χ0) is 15.1. The number of rotatable bonds is 9. The number of hydrogen-bond acceptors (Lipinski definition) is 6. The van der Waals surface area contributed by atoms with Crippen LogP contribution in [0.1, 0.15) is 33.6 Å². The van der Waals surface area contributed by atoms with Gasteiger partial charge in [-0.2, -0.15) is 8.42 Å². The monoisotopic (exact) mass is 295 g/mol. The van der Waals surface area contributed by atoms with Crippen LogP contribution in [0.2, 0.25) is 0 Å². The average Bonchev–Trinajstić information content (AvgIpc) is 2.26. The van der Waals surface area contributed by atoms with Crippen molar-refractivity contribution < 1.29 is 26.4 Å². The Morgan fingerprint density at radius 3 is 2.42 bits per heavy atom. The Hall–Kier alpha value is -0.960. The van der Waals surface area contributed by atoms with Crippen LogP contribution in [0.5, 0.6) is 0 Å². The lowest BCUT2D eigenvalue weighted by atomic mass is 10.0. The fourth-order valence-corrected chi connectivity index (χ4v) is 1.83. The lowest BCUT2D eigenvalue weighted by Gasteiger charge is -2.23. The SMILES string of the molecule is C=C(C)C(=O)NOCCCC(C)(C)OS(=O)(=O)OC. The summed E-state index contributed by atoms with van der Waals surface area (Å²) in [5.74, 6) is -0.391. The molecule has 19 heavy (non-hydrogen) atoms. The molecule has 1 N–H and O–H groups in total. The van der Waals surface area contributed by atoms with Crippen LogP contribution >= 0.6 is 0 Å². The van der Waals surface area contributed by atoms with Gasteiger partial charge in [-0.1, -0.05) is 6.58 Å². The summed E-state index contributed by atoms with van der Waals surface area (Å²) >= 11 is 0. The molecule has 0 fully saturated rings. The first-order chi connectivity index (χ1) is 8.59. The molecule has 0 aromatic carbocycles. The van der Waals surface area contributed by atoms with Crippen molar-refractivity contribution >= 4 is 16.3 Å². The molecule has 0 spiro atoms. The Morgan fingerprint density at radius 2 is 1.95 bits per heavy atom. The van der Waals surface area contributed by atoms with Crippen molar-refractivity contribution in [2.75, 3.05) is 13.7 Å². The lowest BCUT2D eigenvalue weighted by Crippen LogP contribution is -2.30. The van der Waals surface area contributed by atoms with Crippen molar-refractivity contribution in [3.8, 4) is 0 Å². The Labute approximate surface area is 114 Å². The highest BCUT2D eigenvalue weighted by molar-refractivity contribution is 7.81. The van der Waals surface area contributed by atoms with E-state index in [1.807, 2.05) is 0 Å². The second-order valence-corrected chi connectivity index (χ2v) is 5.90. The highest BCUT2D eigenvalue weighted by Crippen LogP contribution is 2.19. The van der Waals surface area contributed by atoms with Crippen molar-refractivity contribution in [1.82, 2.24) is 5.48 Å². The zero-order valence-electron chi connectivity index (χ0n) is 11.7. The summed E-state index contributed by atoms with van der Waals surface area (Å²) < 4.78 is 31.3. The molecule has 0 atom stereocenters. The third-order valence-corrected chi connectivity index (χ3v) is 3.17. The minimum absolute atomic E-state index is 0.235. The van der Waals surface area contributed by atoms with Crippen molar-refractivity contribution in [2.45, 2.75) is 39.2 Å². The predicted octanol–water partition coefficient (Wildman–Crippen LogP) is 1.08. The van der Waals surface area contributed by atoms with Crippen LogP contribution in [0.3, 0.4) is 0 Å². The van der Waals surface area contributed by atoms with Gasteiger partial charge in [0.05, 0.1) is 19.3 Å². The van der Waals surface area contributed by atoms with Crippen LogP contribution < -0.4 is 5.48 Å². The van der Waals surface area contributed by atoms with E-state index < -0.39 is 21.9 Å². The van der Waals surface area contributed by atoms with E-state index in [2.05, 4.69) is 16.2 Å². The number of carbonyl (C=O) groups is 1. The highest BCUT2D eigenvalue weighted by atomic mass is 32.3. The van der Waals surface area contributed by atoms with Crippen LogP contribution in [0.4, 0.5) is 0 Å². The highest BCUT2D eigenvalue weighted by Gasteiger charge is 2.26. The Kier molecular flexibility index (Phi) is 7.20. The van der Waals surface area contributed by atoms with Crippen molar-refractivity contribution in [2.24, 2.45) is 0 Å². The van der Waals surface area contributed by atoms with Gasteiger partial charge in [-0.25, -0.2) is 9.66 Å². The Balaban J connectivity index is 3.94. The molecule has 0 aromatic heterocycles. The minimum atomic E-state index is -3.97. The van der Waals surface area contributed by atoms with Crippen LogP contribution in [0.15, 0.2) is 12.2 Å². The number of hydrogen-bond donors (Lipinski definition) is 1. The van der Waals surface area contributed by atoms with Crippen LogP contribution in [0, 0.1) is 0 Å². The van der Waals surface area contributed by atoms with E-state index >= 15 is 0 Å². The summed E-state index contributed by atoms with van der Waals surface area (Å²) in [6, 6.07) is 0. The number of amides is 1. The van der Waals surface area contributed by atoms with Crippen molar-refractivity contribution in [3.63, 3.8) is 0 Å². The van der Waals surface area contributed by atoms with Gasteiger partial charge in [0.15, 0.2) is 0 Å². The molecule has 0 aliphatic carbocycles. The van der Waals surface area contributed by atoms with Crippen LogP contribution in [0.25, 0.3) is 0 Å². The van der Waals surface area contributed by atoms with Crippen LogP contribution in [-0.2, 0) is 28.4 Å². The van der Waals surface area contributed by atoms with Gasteiger partial charge in [0.2, 0.25) is 0 Å². The molecule has 8 heteroatoms. The van der Waals surface area contributed by atoms with E-state index in [4.69, 9.17) is 9.02 Å². The first-order valence-electron chi connectivity index (χ1n) is 5.68. The second-order valence-electron chi connectivity index (χ2n) is 4.58. The van der Waals surface area contributed by atoms with Gasteiger partial charge < -0.3 is 0 Å². The maximum atomic E-state index is 11.1. The topological polar surface area (TPSA) is 90.9 Å². The third kappa shape index (κ3) is 8.71. The van der Waals surface area contributed by atoms with Gasteiger partial charge in [-0.3, -0.25) is 13.8 Å². The molecule has 112 valence electrons. The normalized spacial score (nSPS) is 12.2. The Bertz CT molecular complexity index is 415. The van der Waals surface area contributed by atoms with E-state index in [0.717, 1.165) is 7.11 Å². The number of carbonyl (C=O) groups excluding carboxylic acids is 1. The first-order valence-corrected chi connectivity index (χ1v) is 7.02. The molecule has 0 radical (unpaired) electrons. The third-order valence-electron chi connectivity index (χ3n) is 2.11. The van der Waals surface area contributed by atoms with Gasteiger partial charge in [0, 0.05) is 5.57 Å². The standard InChI is InChI=1S/C11H21NO6S/c1-9(2)10(13)12-17-8-6-7-11(3,4)18-19(14,15)16-5/h1,6-8H2,2-5H3,(H,12,13). The molecule has 0 bridgehead atoms. The second kappa shape index (κ2) is 7.59. The van der Waals surface area contributed by atoms with Crippen LogP contribution in [-0.4, -0.2) is 33.6 Å². The number of hydroxylamine groups is 1. The molecule has 0 saturated carbocycles. The molecular formula is C11H21NO6S. The summed E-state index contributed by atoms with van der Waals surface area (Å²) in [7, 11) is -2.94.